The van der Waals surface area contributed by atoms with Crippen LogP contribution in [0.1, 0.15) is 78.5 Å². The van der Waals surface area contributed by atoms with Gasteiger partial charge in [-0.1, -0.05) is 54.5 Å². The number of carbonyl (C=O) groups excluding carboxylic acids is 1. The molecule has 1 rings (SSSR count). The van der Waals surface area contributed by atoms with E-state index in [1.54, 1.807) is 27.0 Å². The molecule has 0 radical (unpaired) electrons. The van der Waals surface area contributed by atoms with Crippen molar-refractivity contribution in [3.63, 3.8) is 0 Å². The van der Waals surface area contributed by atoms with Gasteiger partial charge in [0.05, 0.1) is 7.11 Å². The van der Waals surface area contributed by atoms with Gasteiger partial charge in [-0.3, -0.25) is 9.36 Å². The molecule has 0 bridgehead atoms. The second-order valence-corrected chi connectivity index (χ2v) is 12.5. The lowest BCUT2D eigenvalue weighted by molar-refractivity contribution is -0.117. The van der Waals surface area contributed by atoms with E-state index in [2.05, 4.69) is 41.5 Å². The van der Waals surface area contributed by atoms with Gasteiger partial charge < -0.3 is 13.8 Å². The minimum atomic E-state index is -3.59. The third kappa shape index (κ3) is 5.25. The predicted octanol–water partition coefficient (Wildman–Crippen LogP) is 6.53. The van der Waals surface area contributed by atoms with Crippen LogP contribution in [0, 0.1) is 0 Å². The number of hydrogen-bond donors (Lipinski definition) is 0. The maximum atomic E-state index is 13.1. The van der Waals surface area contributed by atoms with Gasteiger partial charge in [-0.25, -0.2) is 0 Å². The van der Waals surface area contributed by atoms with E-state index >= 15 is 0 Å². The van der Waals surface area contributed by atoms with Crippen molar-refractivity contribution in [3.05, 3.63) is 34.9 Å². The molecule has 0 saturated heterocycles. The molecule has 0 aliphatic carbocycles. The molecule has 0 amide bonds. The van der Waals surface area contributed by atoms with Gasteiger partial charge in [-0.2, -0.15) is 0 Å². The van der Waals surface area contributed by atoms with Crippen molar-refractivity contribution in [2.45, 2.75) is 77.8 Å². The Labute approximate surface area is 182 Å². The first-order valence-corrected chi connectivity index (χ1v) is 11.8. The van der Waals surface area contributed by atoms with Crippen molar-refractivity contribution >= 4 is 19.5 Å². The van der Waals surface area contributed by atoms with Crippen molar-refractivity contribution in [1.29, 1.82) is 0 Å². The van der Waals surface area contributed by atoms with Gasteiger partial charge in [0, 0.05) is 25.3 Å². The number of benzene rings is 1. The third-order valence-electron chi connectivity index (χ3n) is 5.66. The first-order valence-electron chi connectivity index (χ1n) is 10.3. The van der Waals surface area contributed by atoms with Crippen LogP contribution >= 0.6 is 7.60 Å². The SMILES string of the molecule is CCC(C)(C(=O)/C=C/c1cc(C(C)(C)C)c(OC)c(C(C)(C)C)c1)P(=O)(OC)OC. The van der Waals surface area contributed by atoms with Crippen LogP contribution in [0.25, 0.3) is 6.08 Å². The maximum Gasteiger partial charge on any atom is 0.343 e. The Morgan fingerprint density at radius 2 is 1.37 bits per heavy atom. The van der Waals surface area contributed by atoms with Crippen molar-refractivity contribution in [2.24, 2.45) is 0 Å². The van der Waals surface area contributed by atoms with Gasteiger partial charge in [-0.05, 0) is 47.9 Å². The number of methoxy groups -OCH3 is 1. The lowest BCUT2D eigenvalue weighted by atomic mass is 9.78. The fourth-order valence-corrected chi connectivity index (χ4v) is 5.10. The van der Waals surface area contributed by atoms with E-state index in [1.807, 2.05) is 12.1 Å². The van der Waals surface area contributed by atoms with Gasteiger partial charge in [0.1, 0.15) is 10.9 Å². The summed E-state index contributed by atoms with van der Waals surface area (Å²) in [5.74, 6) is 0.586. The standard InChI is InChI=1S/C24H39O5P/c1-12-24(8,30(26,28-10)29-11)20(25)14-13-17-15-18(22(2,3)4)21(27-9)19(16-17)23(5,6)7/h13-16H,12H2,1-11H3/b14-13+. The highest BCUT2D eigenvalue weighted by atomic mass is 31.2. The average molecular weight is 439 g/mol. The minimum Gasteiger partial charge on any atom is -0.496 e. The third-order valence-corrected chi connectivity index (χ3v) is 8.37. The van der Waals surface area contributed by atoms with Gasteiger partial charge >= 0.3 is 7.60 Å². The molecule has 0 aliphatic heterocycles. The Kier molecular flexibility index (Phi) is 8.32. The molecule has 30 heavy (non-hydrogen) atoms. The average Bonchev–Trinajstić information content (AvgIpc) is 2.68. The zero-order valence-electron chi connectivity index (χ0n) is 20.5. The van der Waals surface area contributed by atoms with E-state index in [9.17, 15) is 9.36 Å². The summed E-state index contributed by atoms with van der Waals surface area (Å²) in [4.78, 5) is 13.1. The van der Waals surface area contributed by atoms with E-state index < -0.39 is 12.8 Å². The number of carbonyl (C=O) groups is 1. The molecule has 5 nitrogen and oxygen atoms in total. The summed E-state index contributed by atoms with van der Waals surface area (Å²) in [6.45, 7) is 16.3. The largest absolute Gasteiger partial charge is 0.496 e. The van der Waals surface area contributed by atoms with Crippen LogP contribution in [0.2, 0.25) is 0 Å². The number of hydrogen-bond acceptors (Lipinski definition) is 5. The van der Waals surface area contributed by atoms with Crippen LogP contribution in [0.15, 0.2) is 18.2 Å². The first-order chi connectivity index (χ1) is 13.6. The fraction of sp³-hybridized carbons (Fsp3) is 0.625. The molecule has 0 heterocycles. The summed E-state index contributed by atoms with van der Waals surface area (Å²) in [6, 6.07) is 4.10. The molecular formula is C24H39O5P. The Morgan fingerprint density at radius 1 is 0.933 bits per heavy atom. The van der Waals surface area contributed by atoms with Crippen LogP contribution in [-0.4, -0.2) is 32.3 Å². The summed E-state index contributed by atoms with van der Waals surface area (Å²) in [6.07, 6.45) is 3.59. The Hall–Kier alpha value is -1.42. The van der Waals surface area contributed by atoms with Gasteiger partial charge in [0.2, 0.25) is 0 Å². The molecule has 170 valence electrons. The van der Waals surface area contributed by atoms with Gasteiger partial charge in [-0.15, -0.1) is 0 Å². The summed E-state index contributed by atoms with van der Waals surface area (Å²) < 4.78 is 29.1. The second kappa shape index (κ2) is 9.38. The van der Waals surface area contributed by atoms with E-state index in [0.717, 1.165) is 22.4 Å². The molecule has 1 unspecified atom stereocenters. The summed E-state index contributed by atoms with van der Waals surface area (Å²) in [5, 5.41) is -1.25. The fourth-order valence-electron chi connectivity index (χ4n) is 3.41. The topological polar surface area (TPSA) is 61.8 Å². The molecule has 1 aromatic carbocycles. The number of ether oxygens (including phenoxy) is 1. The van der Waals surface area contributed by atoms with Crippen LogP contribution in [0.4, 0.5) is 0 Å². The summed E-state index contributed by atoms with van der Waals surface area (Å²) >= 11 is 0. The highest BCUT2D eigenvalue weighted by Gasteiger charge is 2.49. The zero-order chi connectivity index (χ0) is 23.5. The van der Waals surface area contributed by atoms with Crippen LogP contribution in [0.5, 0.6) is 5.75 Å². The van der Waals surface area contributed by atoms with E-state index in [-0.39, 0.29) is 16.6 Å². The molecule has 0 saturated carbocycles. The molecule has 1 aromatic rings. The molecule has 0 N–H and O–H groups in total. The number of allylic oxidation sites excluding steroid dienone is 1. The quantitative estimate of drug-likeness (QED) is 0.341. The summed E-state index contributed by atoms with van der Waals surface area (Å²) in [7, 11) is 0.726. The molecule has 6 heteroatoms. The molecule has 0 aliphatic rings. The number of ketones is 1. The van der Waals surface area contributed by atoms with Crippen LogP contribution in [0.3, 0.4) is 0 Å². The van der Waals surface area contributed by atoms with Gasteiger partial charge in [0.25, 0.3) is 0 Å². The van der Waals surface area contributed by atoms with Crippen LogP contribution in [-0.2, 0) is 29.2 Å². The molecule has 0 spiro atoms. The highest BCUT2D eigenvalue weighted by molar-refractivity contribution is 7.56. The highest BCUT2D eigenvalue weighted by Crippen LogP contribution is 2.60. The van der Waals surface area contributed by atoms with E-state index in [1.165, 1.54) is 20.3 Å². The predicted molar refractivity (Wildman–Crippen MR) is 125 cm³/mol. The Balaban J connectivity index is 3.58. The van der Waals surface area contributed by atoms with Crippen molar-refractivity contribution < 1.29 is 23.1 Å². The molecule has 0 aromatic heterocycles. The van der Waals surface area contributed by atoms with Crippen LogP contribution < -0.4 is 4.74 Å². The van der Waals surface area contributed by atoms with Crippen molar-refractivity contribution in [1.82, 2.24) is 0 Å². The lowest BCUT2D eigenvalue weighted by Gasteiger charge is -2.31. The first kappa shape index (κ1) is 26.6. The maximum absolute atomic E-state index is 13.1. The molecule has 1 atom stereocenters. The monoisotopic (exact) mass is 438 g/mol. The normalized spacial score (nSPS) is 15.3. The molecular weight excluding hydrogens is 399 g/mol. The second-order valence-electron chi connectivity index (χ2n) is 9.84. The summed E-state index contributed by atoms with van der Waals surface area (Å²) in [5.41, 5.74) is 2.75. The van der Waals surface area contributed by atoms with E-state index in [4.69, 9.17) is 13.8 Å². The van der Waals surface area contributed by atoms with Gasteiger partial charge in [0.15, 0.2) is 5.78 Å². The Bertz CT molecular complexity index is 799. The zero-order valence-corrected chi connectivity index (χ0v) is 21.4. The lowest BCUT2D eigenvalue weighted by Crippen LogP contribution is -2.34. The van der Waals surface area contributed by atoms with Crippen molar-refractivity contribution in [2.75, 3.05) is 21.3 Å². The molecule has 0 fully saturated rings. The Morgan fingerprint density at radius 3 is 1.67 bits per heavy atom. The van der Waals surface area contributed by atoms with Crippen molar-refractivity contribution in [3.8, 4) is 5.75 Å². The smallest absolute Gasteiger partial charge is 0.343 e. The van der Waals surface area contributed by atoms with E-state index in [0.29, 0.717) is 6.42 Å². The number of rotatable bonds is 8. The minimum absolute atomic E-state index is 0.140.